The summed E-state index contributed by atoms with van der Waals surface area (Å²) >= 11 is 0. The van der Waals surface area contributed by atoms with Crippen LogP contribution in [0.25, 0.3) is 5.69 Å². The second-order valence-corrected chi connectivity index (χ2v) is 5.29. The molecule has 1 aromatic heterocycles. The summed E-state index contributed by atoms with van der Waals surface area (Å²) in [5, 5.41) is 13.8. The molecule has 8 heteroatoms. The number of carbonyl (C=O) groups is 1. The number of ether oxygens (including phenoxy) is 1. The van der Waals surface area contributed by atoms with E-state index in [4.69, 9.17) is 10.5 Å². The fraction of sp³-hybridized carbons (Fsp3) is 0.385. The lowest BCUT2D eigenvalue weighted by Crippen LogP contribution is -2.47. The van der Waals surface area contributed by atoms with Crippen LogP contribution in [-0.2, 0) is 9.53 Å². The predicted octanol–water partition coefficient (Wildman–Crippen LogP) is -0.0354. The number of rotatable bonds is 3. The van der Waals surface area contributed by atoms with Crippen molar-refractivity contribution in [1.29, 1.82) is 0 Å². The Morgan fingerprint density at radius 3 is 2.81 bits per heavy atom. The zero-order valence-corrected chi connectivity index (χ0v) is 11.6. The van der Waals surface area contributed by atoms with Crippen molar-refractivity contribution >= 4 is 11.6 Å². The van der Waals surface area contributed by atoms with Gasteiger partial charge in [-0.2, -0.15) is 0 Å². The second-order valence-electron chi connectivity index (χ2n) is 5.29. The van der Waals surface area contributed by atoms with Crippen molar-refractivity contribution < 1.29 is 9.53 Å². The van der Waals surface area contributed by atoms with Gasteiger partial charge in [0, 0.05) is 11.7 Å². The number of anilines is 1. The summed E-state index contributed by atoms with van der Waals surface area (Å²) in [6, 6.07) is 6.93. The van der Waals surface area contributed by atoms with Gasteiger partial charge in [0.05, 0.1) is 24.3 Å². The van der Waals surface area contributed by atoms with E-state index in [-0.39, 0.29) is 11.9 Å². The van der Waals surface area contributed by atoms with Gasteiger partial charge < -0.3 is 15.8 Å². The molecule has 2 heterocycles. The Labute approximate surface area is 121 Å². The van der Waals surface area contributed by atoms with E-state index < -0.39 is 5.41 Å². The molecule has 3 N–H and O–H groups in total. The van der Waals surface area contributed by atoms with E-state index in [1.54, 1.807) is 12.1 Å². The van der Waals surface area contributed by atoms with Crippen LogP contribution in [0.2, 0.25) is 0 Å². The van der Waals surface area contributed by atoms with E-state index in [0.29, 0.717) is 18.9 Å². The standard InChI is InChI=1S/C13H16N6O2/c1-13(7-21-6-11(13)14)12(20)16-9-2-4-10(5-3-9)19-8-15-17-18-19/h2-5,8,11H,6-7,14H2,1H3,(H,16,20). The van der Waals surface area contributed by atoms with Gasteiger partial charge in [0.2, 0.25) is 5.91 Å². The average Bonchev–Trinajstić information content (AvgIpc) is 3.12. The van der Waals surface area contributed by atoms with Crippen LogP contribution >= 0.6 is 0 Å². The number of hydrogen-bond donors (Lipinski definition) is 2. The van der Waals surface area contributed by atoms with Gasteiger partial charge in [0.25, 0.3) is 0 Å². The summed E-state index contributed by atoms with van der Waals surface area (Å²) in [7, 11) is 0. The average molecular weight is 288 g/mol. The third-order valence-corrected chi connectivity index (χ3v) is 3.78. The maximum absolute atomic E-state index is 12.4. The van der Waals surface area contributed by atoms with Crippen molar-refractivity contribution in [3.05, 3.63) is 30.6 Å². The fourth-order valence-corrected chi connectivity index (χ4v) is 2.17. The molecule has 0 radical (unpaired) electrons. The van der Waals surface area contributed by atoms with Gasteiger partial charge in [0.15, 0.2) is 0 Å². The Morgan fingerprint density at radius 1 is 1.48 bits per heavy atom. The molecule has 0 spiro atoms. The van der Waals surface area contributed by atoms with Gasteiger partial charge in [0.1, 0.15) is 6.33 Å². The van der Waals surface area contributed by atoms with E-state index in [2.05, 4.69) is 20.8 Å². The maximum atomic E-state index is 12.4. The molecule has 2 unspecified atom stereocenters. The second kappa shape index (κ2) is 5.23. The third kappa shape index (κ3) is 2.50. The Kier molecular flexibility index (Phi) is 3.40. The topological polar surface area (TPSA) is 108 Å². The number of amides is 1. The number of nitrogens with two attached hydrogens (primary N) is 1. The first kappa shape index (κ1) is 13.7. The van der Waals surface area contributed by atoms with Gasteiger partial charge in [-0.25, -0.2) is 4.68 Å². The minimum absolute atomic E-state index is 0.136. The molecular weight excluding hydrogens is 272 g/mol. The predicted molar refractivity (Wildman–Crippen MR) is 74.7 cm³/mol. The normalized spacial score (nSPS) is 25.0. The minimum Gasteiger partial charge on any atom is -0.379 e. The van der Waals surface area contributed by atoms with Crippen molar-refractivity contribution in [3.8, 4) is 5.69 Å². The smallest absolute Gasteiger partial charge is 0.234 e. The molecule has 3 rings (SSSR count). The molecule has 0 saturated carbocycles. The van der Waals surface area contributed by atoms with Gasteiger partial charge in [-0.15, -0.1) is 5.10 Å². The first-order chi connectivity index (χ1) is 10.1. The summed E-state index contributed by atoms with van der Waals surface area (Å²) in [6.07, 6.45) is 1.50. The quantitative estimate of drug-likeness (QED) is 0.820. The van der Waals surface area contributed by atoms with Crippen LogP contribution in [0, 0.1) is 5.41 Å². The van der Waals surface area contributed by atoms with Crippen LogP contribution in [0.15, 0.2) is 30.6 Å². The molecule has 21 heavy (non-hydrogen) atoms. The first-order valence-electron chi connectivity index (χ1n) is 6.58. The van der Waals surface area contributed by atoms with Crippen LogP contribution < -0.4 is 11.1 Å². The molecule has 1 aliphatic heterocycles. The number of aromatic nitrogens is 4. The minimum atomic E-state index is -0.700. The highest BCUT2D eigenvalue weighted by atomic mass is 16.5. The van der Waals surface area contributed by atoms with E-state index in [1.807, 2.05) is 19.1 Å². The molecule has 0 bridgehead atoms. The molecule has 2 aromatic rings. The number of nitrogens with one attached hydrogen (secondary N) is 1. The Hall–Kier alpha value is -2.32. The van der Waals surface area contributed by atoms with Crippen LogP contribution in [0.4, 0.5) is 5.69 Å². The first-order valence-corrected chi connectivity index (χ1v) is 6.58. The summed E-state index contributed by atoms with van der Waals surface area (Å²) in [6.45, 7) is 2.56. The third-order valence-electron chi connectivity index (χ3n) is 3.78. The summed E-state index contributed by atoms with van der Waals surface area (Å²) < 4.78 is 6.82. The molecule has 8 nitrogen and oxygen atoms in total. The molecule has 1 aromatic carbocycles. The van der Waals surface area contributed by atoms with E-state index in [1.165, 1.54) is 11.0 Å². The fourth-order valence-electron chi connectivity index (χ4n) is 2.17. The van der Waals surface area contributed by atoms with Gasteiger partial charge in [-0.05, 0) is 41.6 Å². The zero-order chi connectivity index (χ0) is 14.9. The highest BCUT2D eigenvalue weighted by molar-refractivity contribution is 5.96. The molecule has 0 aliphatic carbocycles. The number of tetrazole rings is 1. The van der Waals surface area contributed by atoms with E-state index in [0.717, 1.165) is 5.69 Å². The van der Waals surface area contributed by atoms with Crippen LogP contribution in [0.1, 0.15) is 6.92 Å². The van der Waals surface area contributed by atoms with Crippen molar-refractivity contribution in [1.82, 2.24) is 20.2 Å². The molecule has 2 atom stereocenters. The number of carbonyl (C=O) groups excluding carboxylic acids is 1. The molecule has 110 valence electrons. The monoisotopic (exact) mass is 288 g/mol. The van der Waals surface area contributed by atoms with Gasteiger partial charge >= 0.3 is 0 Å². The van der Waals surface area contributed by atoms with Crippen LogP contribution in [-0.4, -0.2) is 45.4 Å². The molecule has 1 amide bonds. The Balaban J connectivity index is 1.72. The largest absolute Gasteiger partial charge is 0.379 e. The number of benzene rings is 1. The SMILES string of the molecule is CC1(C(=O)Nc2ccc(-n3cnnn3)cc2)COCC1N. The van der Waals surface area contributed by atoms with Crippen molar-refractivity contribution in [2.24, 2.45) is 11.1 Å². The van der Waals surface area contributed by atoms with Crippen molar-refractivity contribution in [3.63, 3.8) is 0 Å². The number of nitrogens with zero attached hydrogens (tertiary/aromatic N) is 4. The van der Waals surface area contributed by atoms with Gasteiger partial charge in [-0.1, -0.05) is 0 Å². The highest BCUT2D eigenvalue weighted by Gasteiger charge is 2.44. The lowest BCUT2D eigenvalue weighted by Gasteiger charge is -2.25. The molecule has 1 saturated heterocycles. The summed E-state index contributed by atoms with van der Waals surface area (Å²) in [4.78, 5) is 12.4. The lowest BCUT2D eigenvalue weighted by molar-refractivity contribution is -0.125. The summed E-state index contributed by atoms with van der Waals surface area (Å²) in [5.41, 5.74) is 6.75. The molecule has 1 aliphatic rings. The highest BCUT2D eigenvalue weighted by Crippen LogP contribution is 2.28. The maximum Gasteiger partial charge on any atom is 0.234 e. The van der Waals surface area contributed by atoms with Crippen LogP contribution in [0.5, 0.6) is 0 Å². The Bertz CT molecular complexity index is 627. The van der Waals surface area contributed by atoms with E-state index >= 15 is 0 Å². The van der Waals surface area contributed by atoms with Crippen LogP contribution in [0.3, 0.4) is 0 Å². The van der Waals surface area contributed by atoms with E-state index in [9.17, 15) is 4.79 Å². The Morgan fingerprint density at radius 2 is 2.24 bits per heavy atom. The van der Waals surface area contributed by atoms with Crippen molar-refractivity contribution in [2.45, 2.75) is 13.0 Å². The number of hydrogen-bond acceptors (Lipinski definition) is 6. The zero-order valence-electron chi connectivity index (χ0n) is 11.6. The van der Waals surface area contributed by atoms with Crippen molar-refractivity contribution in [2.75, 3.05) is 18.5 Å². The summed E-state index contributed by atoms with van der Waals surface area (Å²) in [5.74, 6) is -0.136. The molecular formula is C13H16N6O2. The van der Waals surface area contributed by atoms with Gasteiger partial charge in [-0.3, -0.25) is 4.79 Å². The molecule has 1 fully saturated rings. The lowest BCUT2D eigenvalue weighted by atomic mass is 9.85.